The summed E-state index contributed by atoms with van der Waals surface area (Å²) in [6.45, 7) is 1.39. The quantitative estimate of drug-likeness (QED) is 0.712. The molecule has 0 saturated carbocycles. The van der Waals surface area contributed by atoms with Crippen LogP contribution in [0.25, 0.3) is 22.6 Å². The summed E-state index contributed by atoms with van der Waals surface area (Å²) in [6, 6.07) is 13.0. The summed E-state index contributed by atoms with van der Waals surface area (Å²) in [5.74, 6) is 0.830. The summed E-state index contributed by atoms with van der Waals surface area (Å²) in [6.07, 6.45) is 0. The first-order valence-electron chi connectivity index (χ1n) is 7.19. The zero-order chi connectivity index (χ0) is 17.1. The number of ether oxygens (including phenoxy) is 1. The van der Waals surface area contributed by atoms with Gasteiger partial charge in [-0.1, -0.05) is 12.1 Å². The Labute approximate surface area is 143 Å². The fourth-order valence-electron chi connectivity index (χ4n) is 2.25. The first-order valence-corrected chi connectivity index (χ1v) is 7.60. The van der Waals surface area contributed by atoms with Crippen LogP contribution < -0.4 is 15.4 Å². The van der Waals surface area contributed by atoms with Gasteiger partial charge in [0.1, 0.15) is 11.3 Å². The number of oxazole rings is 1. The molecule has 0 unspecified atom stereocenters. The van der Waals surface area contributed by atoms with Gasteiger partial charge in [-0.2, -0.15) is 0 Å². The first-order chi connectivity index (χ1) is 11.6. The van der Waals surface area contributed by atoms with E-state index in [1.165, 1.54) is 6.92 Å². The smallest absolute Gasteiger partial charge is 0.227 e. The molecule has 0 spiro atoms. The second kappa shape index (κ2) is 6.67. The highest BCUT2D eigenvalue weighted by atomic mass is 32.1. The Hall–Kier alpha value is -2.93. The summed E-state index contributed by atoms with van der Waals surface area (Å²) >= 11 is 5.09. The molecule has 3 rings (SSSR count). The normalized spacial score (nSPS) is 10.4. The van der Waals surface area contributed by atoms with Crippen LogP contribution in [0.4, 0.5) is 5.69 Å². The third kappa shape index (κ3) is 3.36. The minimum absolute atomic E-state index is 0.190. The van der Waals surface area contributed by atoms with E-state index in [1.54, 1.807) is 19.2 Å². The third-order valence-electron chi connectivity index (χ3n) is 3.28. The number of thiocarbonyl (C=S) groups is 1. The molecule has 0 atom stereocenters. The zero-order valence-electron chi connectivity index (χ0n) is 13.1. The van der Waals surface area contributed by atoms with E-state index in [0.29, 0.717) is 22.9 Å². The molecule has 2 N–H and O–H groups in total. The van der Waals surface area contributed by atoms with Crippen LogP contribution in [0.15, 0.2) is 46.9 Å². The fraction of sp³-hybridized carbons (Fsp3) is 0.118. The topological polar surface area (TPSA) is 76.4 Å². The monoisotopic (exact) mass is 341 g/mol. The second-order valence-corrected chi connectivity index (χ2v) is 5.45. The standard InChI is InChI=1S/C17H15N3O3S/c1-10(21)18-17(24)20-13-9-11(7-8-14(13)22-2)16-19-12-5-3-4-6-15(12)23-16/h3-9H,1-2H3,(H2,18,20,21,24). The van der Waals surface area contributed by atoms with Crippen LogP contribution in [0.3, 0.4) is 0 Å². The van der Waals surface area contributed by atoms with E-state index in [2.05, 4.69) is 15.6 Å². The van der Waals surface area contributed by atoms with E-state index < -0.39 is 0 Å². The van der Waals surface area contributed by atoms with Crippen LogP contribution >= 0.6 is 12.2 Å². The van der Waals surface area contributed by atoms with Crippen LogP contribution in [0, 0.1) is 0 Å². The van der Waals surface area contributed by atoms with Crippen LogP contribution in [0.2, 0.25) is 0 Å². The predicted octanol–water partition coefficient (Wildman–Crippen LogP) is 3.34. The Bertz CT molecular complexity index is 887. The van der Waals surface area contributed by atoms with E-state index in [4.69, 9.17) is 21.4 Å². The van der Waals surface area contributed by atoms with Crippen LogP contribution in [0.1, 0.15) is 6.92 Å². The lowest BCUT2D eigenvalue weighted by molar-refractivity contribution is -0.117. The molecule has 24 heavy (non-hydrogen) atoms. The molecule has 0 radical (unpaired) electrons. The summed E-state index contributed by atoms with van der Waals surface area (Å²) in [7, 11) is 1.56. The van der Waals surface area contributed by atoms with Gasteiger partial charge in [0.15, 0.2) is 10.7 Å². The number of carbonyl (C=O) groups is 1. The van der Waals surface area contributed by atoms with Gasteiger partial charge in [-0.05, 0) is 42.5 Å². The van der Waals surface area contributed by atoms with Crippen LogP contribution in [-0.4, -0.2) is 23.1 Å². The number of benzene rings is 2. The Balaban J connectivity index is 1.96. The second-order valence-electron chi connectivity index (χ2n) is 5.04. The Morgan fingerprint density at radius 2 is 2.04 bits per heavy atom. The van der Waals surface area contributed by atoms with Gasteiger partial charge in [0, 0.05) is 12.5 Å². The summed E-state index contributed by atoms with van der Waals surface area (Å²) in [5, 5.41) is 5.64. The summed E-state index contributed by atoms with van der Waals surface area (Å²) in [5.41, 5.74) is 2.87. The lowest BCUT2D eigenvalue weighted by Gasteiger charge is -2.12. The highest BCUT2D eigenvalue weighted by molar-refractivity contribution is 7.80. The predicted molar refractivity (Wildman–Crippen MR) is 96.0 cm³/mol. The molecule has 0 aliphatic carbocycles. The highest BCUT2D eigenvalue weighted by Gasteiger charge is 2.12. The maximum atomic E-state index is 11.1. The minimum atomic E-state index is -0.249. The van der Waals surface area contributed by atoms with Gasteiger partial charge in [-0.3, -0.25) is 4.79 Å². The van der Waals surface area contributed by atoms with Gasteiger partial charge >= 0.3 is 0 Å². The van der Waals surface area contributed by atoms with Crippen molar-refractivity contribution < 1.29 is 13.9 Å². The number of carbonyl (C=O) groups excluding carboxylic acids is 1. The Morgan fingerprint density at radius 1 is 1.25 bits per heavy atom. The molecule has 1 amide bonds. The van der Waals surface area contributed by atoms with Crippen molar-refractivity contribution in [1.82, 2.24) is 10.3 Å². The fourth-order valence-corrected chi connectivity index (χ4v) is 2.50. The summed E-state index contributed by atoms with van der Waals surface area (Å²) < 4.78 is 11.1. The number of fused-ring (bicyclic) bond motifs is 1. The number of rotatable bonds is 3. The number of methoxy groups -OCH3 is 1. The van der Waals surface area contributed by atoms with Gasteiger partial charge in [0.2, 0.25) is 11.8 Å². The SMILES string of the molecule is COc1ccc(-c2nc3ccccc3o2)cc1NC(=S)NC(C)=O. The molecule has 0 bridgehead atoms. The van der Waals surface area contributed by atoms with E-state index >= 15 is 0 Å². The molecule has 1 heterocycles. The average Bonchev–Trinajstić information content (AvgIpc) is 2.98. The number of hydrogen-bond acceptors (Lipinski definition) is 5. The van der Waals surface area contributed by atoms with Gasteiger partial charge in [-0.15, -0.1) is 0 Å². The van der Waals surface area contributed by atoms with Gasteiger partial charge in [-0.25, -0.2) is 4.98 Å². The van der Waals surface area contributed by atoms with Gasteiger partial charge < -0.3 is 19.8 Å². The number of para-hydroxylation sites is 2. The molecule has 6 nitrogen and oxygen atoms in total. The lowest BCUT2D eigenvalue weighted by Crippen LogP contribution is -2.32. The molecular weight excluding hydrogens is 326 g/mol. The average molecular weight is 341 g/mol. The van der Waals surface area contributed by atoms with E-state index in [9.17, 15) is 4.79 Å². The van der Waals surface area contributed by atoms with E-state index in [1.807, 2.05) is 30.3 Å². The molecule has 122 valence electrons. The number of amides is 1. The maximum absolute atomic E-state index is 11.1. The Morgan fingerprint density at radius 3 is 2.75 bits per heavy atom. The summed E-state index contributed by atoms with van der Waals surface area (Å²) in [4.78, 5) is 15.6. The van der Waals surface area contributed by atoms with Gasteiger partial charge in [0.05, 0.1) is 12.8 Å². The van der Waals surface area contributed by atoms with Crippen molar-refractivity contribution in [3.8, 4) is 17.2 Å². The van der Waals surface area contributed by atoms with Crippen molar-refractivity contribution in [1.29, 1.82) is 0 Å². The van der Waals surface area contributed by atoms with Crippen molar-refractivity contribution in [2.45, 2.75) is 6.92 Å². The molecule has 7 heteroatoms. The number of hydrogen-bond donors (Lipinski definition) is 2. The van der Waals surface area contributed by atoms with Crippen molar-refractivity contribution in [3.63, 3.8) is 0 Å². The van der Waals surface area contributed by atoms with Crippen LogP contribution in [-0.2, 0) is 4.79 Å². The molecule has 0 saturated heterocycles. The molecular formula is C17H15N3O3S. The molecule has 2 aromatic carbocycles. The lowest BCUT2D eigenvalue weighted by atomic mass is 10.2. The van der Waals surface area contributed by atoms with Crippen LogP contribution in [0.5, 0.6) is 5.75 Å². The molecule has 0 aliphatic rings. The number of nitrogens with one attached hydrogen (secondary N) is 2. The van der Waals surface area contributed by atoms with Crippen molar-refractivity contribution >= 4 is 40.0 Å². The highest BCUT2D eigenvalue weighted by Crippen LogP contribution is 2.31. The molecule has 0 fully saturated rings. The molecule has 3 aromatic rings. The Kier molecular flexibility index (Phi) is 4.43. The van der Waals surface area contributed by atoms with E-state index in [-0.39, 0.29) is 11.0 Å². The maximum Gasteiger partial charge on any atom is 0.227 e. The molecule has 0 aliphatic heterocycles. The number of nitrogens with zero attached hydrogens (tertiary/aromatic N) is 1. The zero-order valence-corrected chi connectivity index (χ0v) is 13.9. The van der Waals surface area contributed by atoms with Crippen molar-refractivity contribution in [2.75, 3.05) is 12.4 Å². The van der Waals surface area contributed by atoms with Crippen molar-refractivity contribution in [3.05, 3.63) is 42.5 Å². The largest absolute Gasteiger partial charge is 0.495 e. The minimum Gasteiger partial charge on any atom is -0.495 e. The van der Waals surface area contributed by atoms with E-state index in [0.717, 1.165) is 11.1 Å². The van der Waals surface area contributed by atoms with Gasteiger partial charge in [0.25, 0.3) is 0 Å². The third-order valence-corrected chi connectivity index (χ3v) is 3.48. The number of aromatic nitrogens is 1. The first kappa shape index (κ1) is 15.9. The number of anilines is 1. The molecule has 1 aromatic heterocycles. The van der Waals surface area contributed by atoms with Crippen molar-refractivity contribution in [2.24, 2.45) is 0 Å².